The van der Waals surface area contributed by atoms with Crippen molar-refractivity contribution in [3.63, 3.8) is 0 Å². The van der Waals surface area contributed by atoms with Gasteiger partial charge in [0.2, 0.25) is 5.91 Å². The molecule has 0 aliphatic carbocycles. The average Bonchev–Trinajstić information content (AvgIpc) is 2.13. The van der Waals surface area contributed by atoms with Crippen molar-refractivity contribution in [2.75, 3.05) is 18.9 Å². The minimum Gasteiger partial charge on any atom is -0.326 e. The van der Waals surface area contributed by atoms with E-state index in [1.807, 2.05) is 0 Å². The zero-order chi connectivity index (χ0) is 11.3. The van der Waals surface area contributed by atoms with Gasteiger partial charge in [0, 0.05) is 24.7 Å². The molecular formula is C10H13ClF2N2O. The van der Waals surface area contributed by atoms with Crippen LogP contribution < -0.4 is 10.6 Å². The highest BCUT2D eigenvalue weighted by Crippen LogP contribution is 2.12. The minimum absolute atomic E-state index is 0. The van der Waals surface area contributed by atoms with Gasteiger partial charge in [0.25, 0.3) is 0 Å². The summed E-state index contributed by atoms with van der Waals surface area (Å²) in [5, 5.41) is 5.20. The summed E-state index contributed by atoms with van der Waals surface area (Å²) < 4.78 is 25.5. The molecule has 0 saturated heterocycles. The first-order chi connectivity index (χ1) is 7.11. The van der Waals surface area contributed by atoms with E-state index in [-0.39, 0.29) is 30.4 Å². The summed E-state index contributed by atoms with van der Waals surface area (Å²) in [7, 11) is 1.72. The van der Waals surface area contributed by atoms with Gasteiger partial charge in [0.05, 0.1) is 0 Å². The maximum Gasteiger partial charge on any atom is 0.225 e. The predicted octanol–water partition coefficient (Wildman–Crippen LogP) is 1.93. The van der Waals surface area contributed by atoms with E-state index in [4.69, 9.17) is 0 Å². The van der Waals surface area contributed by atoms with Gasteiger partial charge in [-0.05, 0) is 19.2 Å². The number of carbonyl (C=O) groups is 1. The van der Waals surface area contributed by atoms with Crippen molar-refractivity contribution in [2.24, 2.45) is 0 Å². The highest BCUT2D eigenvalue weighted by molar-refractivity contribution is 5.90. The zero-order valence-electron chi connectivity index (χ0n) is 8.72. The molecule has 0 fully saturated rings. The van der Waals surface area contributed by atoms with E-state index in [1.54, 1.807) is 7.05 Å². The van der Waals surface area contributed by atoms with Crippen LogP contribution >= 0.6 is 12.4 Å². The Morgan fingerprint density at radius 2 is 1.81 bits per heavy atom. The van der Waals surface area contributed by atoms with Crippen LogP contribution in [0.4, 0.5) is 14.5 Å². The van der Waals surface area contributed by atoms with E-state index in [0.29, 0.717) is 6.54 Å². The van der Waals surface area contributed by atoms with E-state index in [9.17, 15) is 13.6 Å². The summed E-state index contributed by atoms with van der Waals surface area (Å²) in [6.45, 7) is 0.517. The van der Waals surface area contributed by atoms with Crippen molar-refractivity contribution in [1.29, 1.82) is 0 Å². The van der Waals surface area contributed by atoms with Crippen LogP contribution in [0.3, 0.4) is 0 Å². The number of anilines is 1. The van der Waals surface area contributed by atoms with Gasteiger partial charge in [0.1, 0.15) is 11.6 Å². The molecule has 1 aromatic carbocycles. The predicted molar refractivity (Wildman–Crippen MR) is 60.8 cm³/mol. The minimum atomic E-state index is -0.709. The smallest absolute Gasteiger partial charge is 0.225 e. The molecule has 16 heavy (non-hydrogen) atoms. The average molecular weight is 251 g/mol. The van der Waals surface area contributed by atoms with Crippen LogP contribution in [0.1, 0.15) is 6.42 Å². The van der Waals surface area contributed by atoms with Crippen molar-refractivity contribution < 1.29 is 13.6 Å². The van der Waals surface area contributed by atoms with Gasteiger partial charge in [-0.25, -0.2) is 8.78 Å². The quantitative estimate of drug-likeness (QED) is 0.858. The Kier molecular flexibility index (Phi) is 6.60. The van der Waals surface area contributed by atoms with Gasteiger partial charge in [-0.15, -0.1) is 12.4 Å². The zero-order valence-corrected chi connectivity index (χ0v) is 9.54. The van der Waals surface area contributed by atoms with E-state index < -0.39 is 11.6 Å². The Labute approximate surface area is 98.6 Å². The number of nitrogens with one attached hydrogen (secondary N) is 2. The molecule has 1 amide bonds. The lowest BCUT2D eigenvalue weighted by atomic mass is 10.3. The Morgan fingerprint density at radius 1 is 1.25 bits per heavy atom. The van der Waals surface area contributed by atoms with Gasteiger partial charge in [-0.2, -0.15) is 0 Å². The first-order valence-corrected chi connectivity index (χ1v) is 4.52. The molecule has 0 spiro atoms. The number of halogens is 3. The molecular weight excluding hydrogens is 238 g/mol. The summed E-state index contributed by atoms with van der Waals surface area (Å²) in [6.07, 6.45) is 0.259. The molecule has 0 radical (unpaired) electrons. The fourth-order valence-electron chi connectivity index (χ4n) is 1.09. The van der Waals surface area contributed by atoms with Gasteiger partial charge >= 0.3 is 0 Å². The molecule has 0 bridgehead atoms. The third kappa shape index (κ3) is 5.04. The second-order valence-electron chi connectivity index (χ2n) is 3.06. The lowest BCUT2D eigenvalue weighted by Crippen LogP contribution is -2.18. The normalized spacial score (nSPS) is 9.44. The number of hydrogen-bond donors (Lipinski definition) is 2. The first kappa shape index (κ1) is 14.8. The molecule has 3 nitrogen and oxygen atoms in total. The molecule has 90 valence electrons. The molecule has 1 aromatic rings. The van der Waals surface area contributed by atoms with Crippen molar-refractivity contribution in [3.8, 4) is 0 Å². The summed E-state index contributed by atoms with van der Waals surface area (Å²) in [5.74, 6) is -1.70. The van der Waals surface area contributed by atoms with Crippen LogP contribution in [-0.2, 0) is 4.79 Å². The molecule has 0 unspecified atom stereocenters. The van der Waals surface area contributed by atoms with E-state index in [1.165, 1.54) is 0 Å². The largest absolute Gasteiger partial charge is 0.326 e. The molecule has 0 heterocycles. The fraction of sp³-hybridized carbons (Fsp3) is 0.300. The summed E-state index contributed by atoms with van der Waals surface area (Å²) in [5.41, 5.74) is 0.133. The van der Waals surface area contributed by atoms with E-state index in [2.05, 4.69) is 10.6 Å². The van der Waals surface area contributed by atoms with E-state index >= 15 is 0 Å². The standard InChI is InChI=1S/C10H12F2N2O.ClH/c1-13-3-2-10(15)14-9-5-7(11)4-8(12)6-9;/h4-6,13H,2-3H2,1H3,(H,14,15);1H. The first-order valence-electron chi connectivity index (χ1n) is 4.52. The van der Waals surface area contributed by atoms with Crippen LogP contribution in [0.5, 0.6) is 0 Å². The van der Waals surface area contributed by atoms with Crippen molar-refractivity contribution in [2.45, 2.75) is 6.42 Å². The van der Waals surface area contributed by atoms with Crippen LogP contribution in [0, 0.1) is 11.6 Å². The third-order valence-electron chi connectivity index (χ3n) is 1.75. The highest BCUT2D eigenvalue weighted by Gasteiger charge is 2.04. The van der Waals surface area contributed by atoms with Gasteiger partial charge < -0.3 is 10.6 Å². The fourth-order valence-corrected chi connectivity index (χ4v) is 1.09. The molecule has 6 heteroatoms. The molecule has 1 rings (SSSR count). The second kappa shape index (κ2) is 7.14. The Hall–Kier alpha value is -1.20. The Balaban J connectivity index is 0.00000225. The summed E-state index contributed by atoms with van der Waals surface area (Å²) >= 11 is 0. The van der Waals surface area contributed by atoms with Gasteiger partial charge in [-0.1, -0.05) is 0 Å². The molecule has 0 aliphatic heterocycles. The number of carbonyl (C=O) groups excluding carboxylic acids is 1. The maximum absolute atomic E-state index is 12.7. The van der Waals surface area contributed by atoms with Crippen LogP contribution in [-0.4, -0.2) is 19.5 Å². The number of benzene rings is 1. The van der Waals surface area contributed by atoms with Crippen LogP contribution in [0.2, 0.25) is 0 Å². The summed E-state index contributed by atoms with van der Waals surface area (Å²) in [6, 6.07) is 2.89. The topological polar surface area (TPSA) is 41.1 Å². The lowest BCUT2D eigenvalue weighted by molar-refractivity contribution is -0.116. The second-order valence-corrected chi connectivity index (χ2v) is 3.06. The van der Waals surface area contributed by atoms with Crippen molar-refractivity contribution in [3.05, 3.63) is 29.8 Å². The number of rotatable bonds is 4. The monoisotopic (exact) mass is 250 g/mol. The van der Waals surface area contributed by atoms with Crippen LogP contribution in [0.15, 0.2) is 18.2 Å². The molecule has 0 aliphatic rings. The Bertz CT molecular complexity index is 340. The summed E-state index contributed by atoms with van der Waals surface area (Å²) in [4.78, 5) is 11.2. The number of hydrogen-bond acceptors (Lipinski definition) is 2. The van der Waals surface area contributed by atoms with Crippen molar-refractivity contribution >= 4 is 24.0 Å². The van der Waals surface area contributed by atoms with Gasteiger partial charge in [0.15, 0.2) is 0 Å². The molecule has 0 atom stereocenters. The number of amides is 1. The Morgan fingerprint density at radius 3 is 2.31 bits per heavy atom. The maximum atomic E-state index is 12.7. The van der Waals surface area contributed by atoms with Crippen LogP contribution in [0.25, 0.3) is 0 Å². The molecule has 2 N–H and O–H groups in total. The van der Waals surface area contributed by atoms with Crippen molar-refractivity contribution in [1.82, 2.24) is 5.32 Å². The molecule has 0 aromatic heterocycles. The van der Waals surface area contributed by atoms with Gasteiger partial charge in [-0.3, -0.25) is 4.79 Å². The lowest BCUT2D eigenvalue weighted by Gasteiger charge is -2.05. The third-order valence-corrected chi connectivity index (χ3v) is 1.75. The van der Waals surface area contributed by atoms with E-state index in [0.717, 1.165) is 18.2 Å². The highest BCUT2D eigenvalue weighted by atomic mass is 35.5. The molecule has 0 saturated carbocycles. The SMILES string of the molecule is CNCCC(=O)Nc1cc(F)cc(F)c1.Cl.